The molecule has 1 aliphatic heterocycles. The normalized spacial score (nSPS) is 21.5. The minimum absolute atomic E-state index is 0.0267. The highest BCUT2D eigenvalue weighted by atomic mass is 33.1. The van der Waals surface area contributed by atoms with Crippen LogP contribution < -0.4 is 49.1 Å². The van der Waals surface area contributed by atoms with E-state index in [1.165, 1.54) is 19.1 Å². The number of unbranched alkanes of at least 4 members (excludes halogenated alkanes) is 1. The Bertz CT molecular complexity index is 2300. The van der Waals surface area contributed by atoms with Gasteiger partial charge in [0.2, 0.25) is 41.4 Å². The van der Waals surface area contributed by atoms with E-state index in [4.69, 9.17) is 17.2 Å². The monoisotopic (exact) mass is 946 g/mol. The number of fused-ring (bicyclic) bond motifs is 1. The smallest absolute Gasteiger partial charge is 0.244 e. The van der Waals surface area contributed by atoms with Crippen LogP contribution in [0.1, 0.15) is 42.9 Å². The molecule has 354 valence electrons. The first-order valence-corrected chi connectivity index (χ1v) is 24.0. The number of benzene rings is 3. The molecule has 5 rings (SSSR count). The third-order valence-corrected chi connectivity index (χ3v) is 13.3. The van der Waals surface area contributed by atoms with Crippen molar-refractivity contribution in [1.29, 1.82) is 0 Å². The Hall–Kier alpha value is -6.13. The van der Waals surface area contributed by atoms with Gasteiger partial charge in [-0.25, -0.2) is 0 Å². The molecule has 0 bridgehead atoms. The molecule has 1 saturated heterocycles. The van der Waals surface area contributed by atoms with Crippen LogP contribution in [0.2, 0.25) is 0 Å². The number of para-hydroxylation sites is 1. The molecule has 0 radical (unpaired) electrons. The maximum Gasteiger partial charge on any atom is 0.244 e. The molecule has 1 fully saturated rings. The number of nitrogens with two attached hydrogens (primary N) is 3. The summed E-state index contributed by atoms with van der Waals surface area (Å²) in [5, 5.41) is 37.1. The number of carbonyl (C=O) groups is 7. The van der Waals surface area contributed by atoms with Crippen molar-refractivity contribution in [1.82, 2.24) is 36.9 Å². The molecular weight excluding hydrogens is 889 g/mol. The number of hydrogen-bond donors (Lipinski definition) is 12. The number of primary amides is 1. The van der Waals surface area contributed by atoms with Crippen LogP contribution in [-0.4, -0.2) is 123 Å². The number of aliphatic hydroxyl groups excluding tert-OH is 1. The highest BCUT2D eigenvalue weighted by Gasteiger charge is 2.35. The minimum atomic E-state index is -1.51. The van der Waals surface area contributed by atoms with Gasteiger partial charge in [0.15, 0.2) is 0 Å². The fourth-order valence-electron chi connectivity index (χ4n) is 7.18. The quantitative estimate of drug-likeness (QED) is 0.0500. The number of aromatic amines is 1. The van der Waals surface area contributed by atoms with E-state index in [0.29, 0.717) is 30.5 Å². The number of hydrogen-bond acceptors (Lipinski definition) is 13. The van der Waals surface area contributed by atoms with Crippen LogP contribution in [-0.2, 0) is 52.8 Å². The lowest BCUT2D eigenvalue weighted by molar-refractivity contribution is -0.135. The Morgan fingerprint density at radius 1 is 0.773 bits per heavy atom. The summed E-state index contributed by atoms with van der Waals surface area (Å²) >= 11 is 0. The van der Waals surface area contributed by atoms with E-state index >= 15 is 0 Å². The number of phenolic OH excluding ortho intramolecular Hbond substituents is 1. The zero-order valence-electron chi connectivity index (χ0n) is 36.4. The molecule has 0 aliphatic carbocycles. The van der Waals surface area contributed by atoms with Crippen LogP contribution >= 0.6 is 21.6 Å². The molecule has 21 heteroatoms. The summed E-state index contributed by atoms with van der Waals surface area (Å²) in [6.45, 7) is 1.55. The Labute approximate surface area is 389 Å². The van der Waals surface area contributed by atoms with Crippen LogP contribution in [0.4, 0.5) is 0 Å². The molecule has 3 aromatic carbocycles. The summed E-state index contributed by atoms with van der Waals surface area (Å²) < 4.78 is 0. The van der Waals surface area contributed by atoms with Crippen molar-refractivity contribution < 1.29 is 43.8 Å². The van der Waals surface area contributed by atoms with E-state index in [0.717, 1.165) is 38.1 Å². The maximum atomic E-state index is 14.6. The van der Waals surface area contributed by atoms with Crippen molar-refractivity contribution in [2.45, 2.75) is 93.8 Å². The van der Waals surface area contributed by atoms with Gasteiger partial charge >= 0.3 is 0 Å². The van der Waals surface area contributed by atoms with Crippen LogP contribution in [0, 0.1) is 0 Å². The topological polar surface area (TPSA) is 326 Å². The second-order valence-electron chi connectivity index (χ2n) is 16.0. The van der Waals surface area contributed by atoms with Gasteiger partial charge < -0.3 is 64.3 Å². The molecule has 4 aromatic rings. The van der Waals surface area contributed by atoms with E-state index in [9.17, 15) is 43.8 Å². The fourth-order valence-corrected chi connectivity index (χ4v) is 9.51. The Morgan fingerprint density at radius 3 is 2.08 bits per heavy atom. The van der Waals surface area contributed by atoms with Crippen LogP contribution in [0.5, 0.6) is 5.75 Å². The van der Waals surface area contributed by atoms with Gasteiger partial charge in [-0.05, 0) is 74.0 Å². The largest absolute Gasteiger partial charge is 0.508 e. The Kier molecular flexibility index (Phi) is 19.2. The number of aromatic hydroxyl groups is 1. The number of nitrogens with one attached hydrogen (secondary N) is 7. The van der Waals surface area contributed by atoms with Crippen molar-refractivity contribution in [3.05, 3.63) is 102 Å². The summed E-state index contributed by atoms with van der Waals surface area (Å²) in [7, 11) is 2.10. The molecule has 66 heavy (non-hydrogen) atoms. The lowest BCUT2D eigenvalue weighted by Gasteiger charge is -2.27. The molecule has 1 unspecified atom stereocenters. The van der Waals surface area contributed by atoms with E-state index in [2.05, 4.69) is 36.9 Å². The second-order valence-corrected chi connectivity index (χ2v) is 18.6. The maximum absolute atomic E-state index is 14.6. The van der Waals surface area contributed by atoms with Gasteiger partial charge in [-0.2, -0.15) is 0 Å². The fraction of sp³-hybridized carbons (Fsp3) is 0.400. The Morgan fingerprint density at radius 2 is 1.39 bits per heavy atom. The lowest BCUT2D eigenvalue weighted by Crippen LogP contribution is -2.61. The lowest BCUT2D eigenvalue weighted by atomic mass is 10.0. The van der Waals surface area contributed by atoms with Crippen molar-refractivity contribution in [3.63, 3.8) is 0 Å². The first kappa shape index (κ1) is 50.9. The number of phenols is 1. The molecular formula is C45H58N10O9S2. The van der Waals surface area contributed by atoms with Gasteiger partial charge in [-0.3, -0.25) is 33.6 Å². The summed E-state index contributed by atoms with van der Waals surface area (Å²) in [6.07, 6.45) is 1.27. The SMILES string of the molecule is C[C@@H](O)C(NC(=O)[C@@H]1CSSC[C@H](NC(=O)[C@H](N)Cc2ccccc2)C(=O)N[C@@H](Cc2ccc(O)cc2)C(=O)N[C@H](Cc2c[nH]c3ccccc23)C(=O)N[C@@H](CCCCN)C(=O)N1)C(N)=O. The number of aliphatic hydroxyl groups is 1. The summed E-state index contributed by atoms with van der Waals surface area (Å²) in [5.41, 5.74) is 20.3. The summed E-state index contributed by atoms with van der Waals surface area (Å²) in [4.78, 5) is 100. The standard InChI is InChI=1S/C45H58N10O9S2/c1-25(56)38(39(48)58)55-45(64)37-24-66-65-23-36(53-40(59)31(47)19-26-9-3-2-4-10-26)44(63)51-34(20-27-14-16-29(57)17-15-27)42(61)52-35(21-28-22-49-32-12-6-5-11-30(28)32)43(62)50-33(41(60)54-37)13-7-8-18-46/h2-6,9-12,14-17,22,25,31,33-38,49,56-57H,7-8,13,18-21,23-24,46-47H2,1H3,(H2,48,58)(H,50,62)(H,51,63)(H,52,61)(H,53,59)(H,54,60)(H,55,64)/t25-,31-,33+,34+,35-,36+,37+,38?/m1/s1. The zero-order valence-corrected chi connectivity index (χ0v) is 38.0. The molecule has 0 saturated carbocycles. The number of rotatable bonds is 16. The molecule has 2 heterocycles. The van der Waals surface area contributed by atoms with Gasteiger partial charge in [0.25, 0.3) is 0 Å². The van der Waals surface area contributed by atoms with Crippen LogP contribution in [0.25, 0.3) is 10.9 Å². The number of amides is 7. The summed E-state index contributed by atoms with van der Waals surface area (Å²) in [5.74, 6) is -5.94. The number of aromatic nitrogens is 1. The molecule has 19 nitrogen and oxygen atoms in total. The first-order valence-electron chi connectivity index (χ1n) is 21.5. The van der Waals surface area contributed by atoms with Crippen molar-refractivity contribution >= 4 is 73.8 Å². The second kappa shape index (κ2) is 25.0. The van der Waals surface area contributed by atoms with Crippen molar-refractivity contribution in [2.24, 2.45) is 17.2 Å². The molecule has 1 aliphatic rings. The minimum Gasteiger partial charge on any atom is -0.508 e. The third-order valence-electron chi connectivity index (χ3n) is 10.9. The number of carbonyl (C=O) groups excluding carboxylic acids is 7. The first-order chi connectivity index (χ1) is 31.6. The molecule has 7 amide bonds. The van der Waals surface area contributed by atoms with E-state index in [1.54, 1.807) is 42.6 Å². The van der Waals surface area contributed by atoms with Gasteiger partial charge in [0.05, 0.1) is 12.1 Å². The van der Waals surface area contributed by atoms with Crippen LogP contribution in [0.3, 0.4) is 0 Å². The van der Waals surface area contributed by atoms with Gasteiger partial charge in [0.1, 0.15) is 42.0 Å². The molecule has 8 atom stereocenters. The predicted octanol–water partition coefficient (Wildman–Crippen LogP) is -0.472. The van der Waals surface area contributed by atoms with Crippen molar-refractivity contribution in [3.8, 4) is 5.75 Å². The van der Waals surface area contributed by atoms with Gasteiger partial charge in [0, 0.05) is 41.4 Å². The van der Waals surface area contributed by atoms with E-state index in [1.807, 2.05) is 30.3 Å². The van der Waals surface area contributed by atoms with E-state index < -0.39 is 89.7 Å². The summed E-state index contributed by atoms with van der Waals surface area (Å²) in [6, 6.07) is 13.2. The number of H-pyrrole nitrogens is 1. The molecule has 1 aromatic heterocycles. The van der Waals surface area contributed by atoms with E-state index in [-0.39, 0.29) is 42.9 Å². The molecule has 0 spiro atoms. The Balaban J connectivity index is 1.54. The highest BCUT2D eigenvalue weighted by molar-refractivity contribution is 8.76. The predicted molar refractivity (Wildman–Crippen MR) is 252 cm³/mol. The zero-order chi connectivity index (χ0) is 47.8. The van der Waals surface area contributed by atoms with Crippen molar-refractivity contribution in [2.75, 3.05) is 18.1 Å². The average molecular weight is 947 g/mol. The average Bonchev–Trinajstić information content (AvgIpc) is 3.70. The molecule has 15 N–H and O–H groups in total. The third kappa shape index (κ3) is 15.0. The van der Waals surface area contributed by atoms with Gasteiger partial charge in [-0.15, -0.1) is 0 Å². The van der Waals surface area contributed by atoms with Gasteiger partial charge in [-0.1, -0.05) is 82.3 Å². The van der Waals surface area contributed by atoms with Crippen LogP contribution in [0.15, 0.2) is 85.1 Å². The highest BCUT2D eigenvalue weighted by Crippen LogP contribution is 2.25.